The third-order valence-electron chi connectivity index (χ3n) is 4.53. The molecule has 3 nitrogen and oxygen atoms in total. The Labute approximate surface area is 128 Å². The summed E-state index contributed by atoms with van der Waals surface area (Å²) in [5.41, 5.74) is 1.31. The summed E-state index contributed by atoms with van der Waals surface area (Å²) in [6.45, 7) is 7.33. The Morgan fingerprint density at radius 2 is 1.95 bits per heavy atom. The van der Waals surface area contributed by atoms with Gasteiger partial charge in [-0.15, -0.1) is 0 Å². The van der Waals surface area contributed by atoms with E-state index in [1.165, 1.54) is 24.8 Å². The molecule has 4 atom stereocenters. The fourth-order valence-electron chi connectivity index (χ4n) is 3.35. The molecule has 0 aliphatic carbocycles. The van der Waals surface area contributed by atoms with Crippen LogP contribution in [0.4, 0.5) is 0 Å². The molecule has 1 aromatic rings. The van der Waals surface area contributed by atoms with Gasteiger partial charge in [-0.3, -0.25) is 0 Å². The van der Waals surface area contributed by atoms with E-state index in [1.807, 2.05) is 0 Å². The Morgan fingerprint density at radius 1 is 1.19 bits per heavy atom. The van der Waals surface area contributed by atoms with Crippen LogP contribution in [-0.2, 0) is 4.74 Å². The SMILES string of the molecule is CC(C)COc1ccc(C(C)NC2CC3CCC2O3)cc1. The van der Waals surface area contributed by atoms with Gasteiger partial charge in [0.15, 0.2) is 0 Å². The van der Waals surface area contributed by atoms with E-state index >= 15 is 0 Å². The minimum absolute atomic E-state index is 0.358. The van der Waals surface area contributed by atoms with Gasteiger partial charge in [-0.25, -0.2) is 0 Å². The number of benzene rings is 1. The first-order chi connectivity index (χ1) is 10.1. The molecule has 3 heteroatoms. The van der Waals surface area contributed by atoms with Crippen molar-refractivity contribution >= 4 is 0 Å². The lowest BCUT2D eigenvalue weighted by Gasteiger charge is -2.25. The molecule has 3 rings (SSSR count). The summed E-state index contributed by atoms with van der Waals surface area (Å²) in [4.78, 5) is 0. The number of hydrogen-bond donors (Lipinski definition) is 1. The Balaban J connectivity index is 1.53. The lowest BCUT2D eigenvalue weighted by atomic mass is 9.94. The van der Waals surface area contributed by atoms with Crippen LogP contribution in [0.5, 0.6) is 5.75 Å². The zero-order valence-electron chi connectivity index (χ0n) is 13.3. The second-order valence-electron chi connectivity index (χ2n) is 6.88. The predicted molar refractivity (Wildman–Crippen MR) is 84.6 cm³/mol. The van der Waals surface area contributed by atoms with Crippen molar-refractivity contribution in [2.24, 2.45) is 5.92 Å². The highest BCUT2D eigenvalue weighted by molar-refractivity contribution is 5.29. The number of rotatable bonds is 6. The lowest BCUT2D eigenvalue weighted by Crippen LogP contribution is -2.38. The van der Waals surface area contributed by atoms with Crippen molar-refractivity contribution in [2.75, 3.05) is 6.61 Å². The van der Waals surface area contributed by atoms with Crippen LogP contribution in [0.25, 0.3) is 0 Å². The van der Waals surface area contributed by atoms with E-state index in [1.54, 1.807) is 0 Å². The number of ether oxygens (including phenoxy) is 2. The fourth-order valence-corrected chi connectivity index (χ4v) is 3.35. The summed E-state index contributed by atoms with van der Waals surface area (Å²) in [6, 6.07) is 9.37. The van der Waals surface area contributed by atoms with Crippen LogP contribution in [0.2, 0.25) is 0 Å². The molecule has 2 aliphatic rings. The first-order valence-corrected chi connectivity index (χ1v) is 8.26. The monoisotopic (exact) mass is 289 g/mol. The summed E-state index contributed by atoms with van der Waals surface area (Å²) >= 11 is 0. The first kappa shape index (κ1) is 14.9. The number of fused-ring (bicyclic) bond motifs is 2. The zero-order chi connectivity index (χ0) is 14.8. The van der Waals surface area contributed by atoms with Gasteiger partial charge in [-0.2, -0.15) is 0 Å². The Bertz CT molecular complexity index is 457. The van der Waals surface area contributed by atoms with E-state index in [9.17, 15) is 0 Å². The molecule has 0 amide bonds. The summed E-state index contributed by atoms with van der Waals surface area (Å²) in [6.07, 6.45) is 4.58. The molecule has 2 heterocycles. The molecular weight excluding hydrogens is 262 g/mol. The Kier molecular flexibility index (Phi) is 4.51. The van der Waals surface area contributed by atoms with Crippen molar-refractivity contribution in [3.05, 3.63) is 29.8 Å². The van der Waals surface area contributed by atoms with Crippen molar-refractivity contribution in [1.82, 2.24) is 5.32 Å². The third-order valence-corrected chi connectivity index (χ3v) is 4.53. The molecule has 4 unspecified atom stereocenters. The van der Waals surface area contributed by atoms with Crippen molar-refractivity contribution in [3.8, 4) is 5.75 Å². The van der Waals surface area contributed by atoms with Crippen LogP contribution in [0.1, 0.15) is 51.6 Å². The van der Waals surface area contributed by atoms with Crippen LogP contribution < -0.4 is 10.1 Å². The molecule has 0 spiro atoms. The standard InChI is InChI=1S/C18H27NO2/c1-12(2)11-20-15-6-4-14(5-7-15)13(3)19-17-10-16-8-9-18(17)21-16/h4-7,12-13,16-19H,8-11H2,1-3H3. The normalized spacial score (nSPS) is 29.0. The highest BCUT2D eigenvalue weighted by Crippen LogP contribution is 2.35. The van der Waals surface area contributed by atoms with Crippen LogP contribution >= 0.6 is 0 Å². The highest BCUT2D eigenvalue weighted by atomic mass is 16.5. The van der Waals surface area contributed by atoms with E-state index in [-0.39, 0.29) is 0 Å². The molecule has 1 N–H and O–H groups in total. The van der Waals surface area contributed by atoms with Crippen molar-refractivity contribution < 1.29 is 9.47 Å². The minimum atomic E-state index is 0.358. The van der Waals surface area contributed by atoms with E-state index in [0.717, 1.165) is 12.4 Å². The molecule has 2 fully saturated rings. The maximum absolute atomic E-state index is 5.91. The molecule has 2 saturated heterocycles. The van der Waals surface area contributed by atoms with Crippen molar-refractivity contribution in [3.63, 3.8) is 0 Å². The molecule has 0 saturated carbocycles. The smallest absolute Gasteiger partial charge is 0.119 e. The summed E-state index contributed by atoms with van der Waals surface area (Å²) in [5.74, 6) is 1.52. The van der Waals surface area contributed by atoms with Gasteiger partial charge in [-0.1, -0.05) is 26.0 Å². The van der Waals surface area contributed by atoms with E-state index in [2.05, 4.69) is 50.4 Å². The molecule has 21 heavy (non-hydrogen) atoms. The largest absolute Gasteiger partial charge is 0.493 e. The van der Waals surface area contributed by atoms with Gasteiger partial charge in [0.25, 0.3) is 0 Å². The zero-order valence-corrected chi connectivity index (χ0v) is 13.3. The van der Waals surface area contributed by atoms with Crippen LogP contribution in [0, 0.1) is 5.92 Å². The van der Waals surface area contributed by atoms with Gasteiger partial charge in [-0.05, 0) is 49.8 Å². The quantitative estimate of drug-likeness (QED) is 0.866. The summed E-state index contributed by atoms with van der Waals surface area (Å²) in [5, 5.41) is 3.73. The van der Waals surface area contributed by atoms with E-state index in [0.29, 0.717) is 30.2 Å². The highest BCUT2D eigenvalue weighted by Gasteiger charge is 2.40. The Hall–Kier alpha value is -1.06. The van der Waals surface area contributed by atoms with Gasteiger partial charge in [0.05, 0.1) is 18.8 Å². The molecule has 0 aromatic heterocycles. The number of hydrogen-bond acceptors (Lipinski definition) is 3. The van der Waals surface area contributed by atoms with E-state index in [4.69, 9.17) is 9.47 Å². The minimum Gasteiger partial charge on any atom is -0.493 e. The van der Waals surface area contributed by atoms with Crippen molar-refractivity contribution in [2.45, 2.75) is 64.3 Å². The van der Waals surface area contributed by atoms with Gasteiger partial charge < -0.3 is 14.8 Å². The first-order valence-electron chi connectivity index (χ1n) is 8.26. The molecule has 0 radical (unpaired) electrons. The second-order valence-corrected chi connectivity index (χ2v) is 6.88. The van der Waals surface area contributed by atoms with Crippen LogP contribution in [0.3, 0.4) is 0 Å². The average molecular weight is 289 g/mol. The van der Waals surface area contributed by atoms with Gasteiger partial charge in [0, 0.05) is 12.1 Å². The average Bonchev–Trinajstić information content (AvgIpc) is 3.08. The summed E-state index contributed by atoms with van der Waals surface area (Å²) in [7, 11) is 0. The fraction of sp³-hybridized carbons (Fsp3) is 0.667. The summed E-state index contributed by atoms with van der Waals surface area (Å²) < 4.78 is 11.6. The lowest BCUT2D eigenvalue weighted by molar-refractivity contribution is 0.0962. The van der Waals surface area contributed by atoms with Gasteiger partial charge in [0.2, 0.25) is 0 Å². The second kappa shape index (κ2) is 6.37. The maximum Gasteiger partial charge on any atom is 0.119 e. The predicted octanol–water partition coefficient (Wildman–Crippen LogP) is 3.69. The number of nitrogens with one attached hydrogen (secondary N) is 1. The van der Waals surface area contributed by atoms with Crippen LogP contribution in [0.15, 0.2) is 24.3 Å². The van der Waals surface area contributed by atoms with Gasteiger partial charge in [0.1, 0.15) is 5.75 Å². The van der Waals surface area contributed by atoms with Gasteiger partial charge >= 0.3 is 0 Å². The third kappa shape index (κ3) is 3.58. The molecule has 1 aromatic carbocycles. The molecule has 116 valence electrons. The molecule has 2 bridgehead atoms. The molecule has 2 aliphatic heterocycles. The maximum atomic E-state index is 5.91. The Morgan fingerprint density at radius 3 is 2.52 bits per heavy atom. The van der Waals surface area contributed by atoms with Crippen LogP contribution in [-0.4, -0.2) is 24.9 Å². The topological polar surface area (TPSA) is 30.5 Å². The van der Waals surface area contributed by atoms with E-state index < -0.39 is 0 Å². The van der Waals surface area contributed by atoms with Crippen molar-refractivity contribution in [1.29, 1.82) is 0 Å². The molecular formula is C18H27NO2.